The number of aliphatic hydroxyl groups is 1. The second-order valence-corrected chi connectivity index (χ2v) is 5.54. The first-order chi connectivity index (χ1) is 12.1. The van der Waals surface area contributed by atoms with E-state index >= 15 is 0 Å². The standard InChI is InChI=1S/C17H19NO7/c1-3-5-23-17(21)18-11-8-14-13(24-9-25-14)7-10(11)6-12(19)15(18)16(20)22-4-2/h3,7-8,12,15,19H,1,4-6,9H2,2H3/t12-,15-/m0/s1. The second-order valence-electron chi connectivity index (χ2n) is 5.54. The molecule has 0 saturated heterocycles. The first-order valence-corrected chi connectivity index (χ1v) is 7.91. The number of esters is 1. The Bertz CT molecular complexity index is 702. The van der Waals surface area contributed by atoms with Crippen molar-refractivity contribution < 1.29 is 33.6 Å². The normalized spacial score (nSPS) is 20.6. The molecule has 1 N–H and O–H groups in total. The van der Waals surface area contributed by atoms with Gasteiger partial charge in [-0.3, -0.25) is 4.90 Å². The molecule has 2 atom stereocenters. The Morgan fingerprint density at radius 2 is 2.08 bits per heavy atom. The third-order valence-corrected chi connectivity index (χ3v) is 3.95. The highest BCUT2D eigenvalue weighted by atomic mass is 16.7. The van der Waals surface area contributed by atoms with Gasteiger partial charge in [0, 0.05) is 12.5 Å². The van der Waals surface area contributed by atoms with Crippen LogP contribution in [0.1, 0.15) is 12.5 Å². The molecule has 0 aliphatic carbocycles. The molecule has 0 radical (unpaired) electrons. The number of carbonyl (C=O) groups is 2. The van der Waals surface area contributed by atoms with Crippen LogP contribution in [0.5, 0.6) is 11.5 Å². The first-order valence-electron chi connectivity index (χ1n) is 7.91. The lowest BCUT2D eigenvalue weighted by atomic mass is 9.93. The Balaban J connectivity index is 2.04. The highest BCUT2D eigenvalue weighted by Crippen LogP contribution is 2.42. The van der Waals surface area contributed by atoms with Crippen molar-refractivity contribution in [2.24, 2.45) is 0 Å². The lowest BCUT2D eigenvalue weighted by molar-refractivity contribution is -0.147. The van der Waals surface area contributed by atoms with E-state index in [4.69, 9.17) is 18.9 Å². The van der Waals surface area contributed by atoms with Crippen LogP contribution in [0.2, 0.25) is 0 Å². The van der Waals surface area contributed by atoms with Crippen molar-refractivity contribution in [3.05, 3.63) is 30.4 Å². The molecular weight excluding hydrogens is 330 g/mol. The molecule has 8 heteroatoms. The van der Waals surface area contributed by atoms with Crippen LogP contribution in [-0.4, -0.2) is 49.3 Å². The quantitative estimate of drug-likeness (QED) is 0.648. The van der Waals surface area contributed by atoms with Crippen LogP contribution in [0.15, 0.2) is 24.8 Å². The van der Waals surface area contributed by atoms with Gasteiger partial charge in [0.25, 0.3) is 0 Å². The largest absolute Gasteiger partial charge is 0.464 e. The minimum Gasteiger partial charge on any atom is -0.464 e. The van der Waals surface area contributed by atoms with Crippen molar-refractivity contribution in [2.45, 2.75) is 25.5 Å². The number of carbonyl (C=O) groups excluding carboxylic acids is 2. The molecule has 0 bridgehead atoms. The lowest BCUT2D eigenvalue weighted by Gasteiger charge is -2.37. The summed E-state index contributed by atoms with van der Waals surface area (Å²) in [6.45, 7) is 5.32. The molecule has 0 fully saturated rings. The minimum atomic E-state index is -1.20. The number of rotatable bonds is 4. The summed E-state index contributed by atoms with van der Waals surface area (Å²) in [6, 6.07) is 2.09. The number of anilines is 1. The predicted molar refractivity (Wildman–Crippen MR) is 86.7 cm³/mol. The molecule has 8 nitrogen and oxygen atoms in total. The van der Waals surface area contributed by atoms with Gasteiger partial charge in [0.1, 0.15) is 6.61 Å². The second kappa shape index (κ2) is 7.02. The number of benzene rings is 1. The van der Waals surface area contributed by atoms with Gasteiger partial charge in [-0.1, -0.05) is 12.7 Å². The van der Waals surface area contributed by atoms with Gasteiger partial charge in [-0.15, -0.1) is 0 Å². The van der Waals surface area contributed by atoms with E-state index in [1.165, 1.54) is 6.08 Å². The van der Waals surface area contributed by atoms with E-state index < -0.39 is 24.2 Å². The summed E-state index contributed by atoms with van der Waals surface area (Å²) in [7, 11) is 0. The Kier molecular flexibility index (Phi) is 4.80. The van der Waals surface area contributed by atoms with Crippen molar-refractivity contribution in [3.63, 3.8) is 0 Å². The fourth-order valence-corrected chi connectivity index (χ4v) is 2.92. The fraction of sp³-hybridized carbons (Fsp3) is 0.412. The van der Waals surface area contributed by atoms with Crippen molar-refractivity contribution in [2.75, 3.05) is 24.9 Å². The zero-order valence-electron chi connectivity index (χ0n) is 13.8. The van der Waals surface area contributed by atoms with Crippen molar-refractivity contribution >= 4 is 17.7 Å². The zero-order valence-corrected chi connectivity index (χ0v) is 13.8. The molecule has 0 saturated carbocycles. The van der Waals surface area contributed by atoms with Crippen LogP contribution in [0.3, 0.4) is 0 Å². The Hall–Kier alpha value is -2.74. The van der Waals surface area contributed by atoms with E-state index in [0.29, 0.717) is 22.7 Å². The highest BCUT2D eigenvalue weighted by molar-refractivity contribution is 5.98. The summed E-state index contributed by atoms with van der Waals surface area (Å²) in [5, 5.41) is 10.5. The third-order valence-electron chi connectivity index (χ3n) is 3.95. The van der Waals surface area contributed by atoms with E-state index in [9.17, 15) is 14.7 Å². The van der Waals surface area contributed by atoms with E-state index in [2.05, 4.69) is 6.58 Å². The van der Waals surface area contributed by atoms with Gasteiger partial charge in [-0.2, -0.15) is 0 Å². The van der Waals surface area contributed by atoms with E-state index in [1.54, 1.807) is 19.1 Å². The predicted octanol–water partition coefficient (Wildman–Crippen LogP) is 1.39. The maximum absolute atomic E-state index is 12.5. The molecule has 1 amide bonds. The highest BCUT2D eigenvalue weighted by Gasteiger charge is 2.44. The van der Waals surface area contributed by atoms with Crippen molar-refractivity contribution in [1.82, 2.24) is 0 Å². The van der Waals surface area contributed by atoms with Gasteiger partial charge >= 0.3 is 12.1 Å². The molecule has 134 valence electrons. The maximum atomic E-state index is 12.5. The summed E-state index contributed by atoms with van der Waals surface area (Å²) in [6.07, 6.45) is -0.334. The van der Waals surface area contributed by atoms with Crippen molar-refractivity contribution in [1.29, 1.82) is 0 Å². The van der Waals surface area contributed by atoms with Crippen LogP contribution in [0, 0.1) is 0 Å². The molecular formula is C17H19NO7. The van der Waals surface area contributed by atoms with Gasteiger partial charge in [-0.05, 0) is 18.6 Å². The van der Waals surface area contributed by atoms with E-state index in [0.717, 1.165) is 4.90 Å². The van der Waals surface area contributed by atoms with Gasteiger partial charge in [0.15, 0.2) is 17.5 Å². The SMILES string of the molecule is C=CCOC(=O)N1c2cc3c(cc2C[C@H](O)[C@H]1C(=O)OCC)OCO3. The van der Waals surface area contributed by atoms with Gasteiger partial charge in [0.2, 0.25) is 6.79 Å². The summed E-state index contributed by atoms with van der Waals surface area (Å²) in [5.41, 5.74) is 1.06. The number of fused-ring (bicyclic) bond motifs is 2. The van der Waals surface area contributed by atoms with E-state index in [-0.39, 0.29) is 26.4 Å². The molecule has 1 aromatic carbocycles. The summed E-state index contributed by atoms with van der Waals surface area (Å²) in [5.74, 6) is 0.285. The Morgan fingerprint density at radius 3 is 2.76 bits per heavy atom. The maximum Gasteiger partial charge on any atom is 0.415 e. The summed E-state index contributed by atoms with van der Waals surface area (Å²) < 4.78 is 20.8. The molecule has 2 aliphatic heterocycles. The van der Waals surface area contributed by atoms with Gasteiger partial charge in [-0.25, -0.2) is 9.59 Å². The Labute approximate surface area is 144 Å². The monoisotopic (exact) mass is 349 g/mol. The molecule has 25 heavy (non-hydrogen) atoms. The minimum absolute atomic E-state index is 0.0269. The van der Waals surface area contributed by atoms with Crippen LogP contribution >= 0.6 is 0 Å². The zero-order chi connectivity index (χ0) is 18.0. The number of ether oxygens (including phenoxy) is 4. The number of aliphatic hydroxyl groups excluding tert-OH is 1. The summed E-state index contributed by atoms with van der Waals surface area (Å²) >= 11 is 0. The Morgan fingerprint density at radius 1 is 1.36 bits per heavy atom. The third kappa shape index (κ3) is 3.12. The fourth-order valence-electron chi connectivity index (χ4n) is 2.92. The average molecular weight is 349 g/mol. The van der Waals surface area contributed by atoms with Crippen LogP contribution in [0.25, 0.3) is 0 Å². The number of hydrogen-bond donors (Lipinski definition) is 1. The molecule has 2 aliphatic rings. The van der Waals surface area contributed by atoms with Crippen LogP contribution < -0.4 is 14.4 Å². The van der Waals surface area contributed by atoms with Crippen LogP contribution in [0.4, 0.5) is 10.5 Å². The van der Waals surface area contributed by atoms with Gasteiger partial charge < -0.3 is 24.1 Å². The molecule has 0 aromatic heterocycles. The molecule has 0 spiro atoms. The van der Waals surface area contributed by atoms with Gasteiger partial charge in [0.05, 0.1) is 18.4 Å². The topological polar surface area (TPSA) is 94.5 Å². The van der Waals surface area contributed by atoms with Crippen molar-refractivity contribution in [3.8, 4) is 11.5 Å². The number of nitrogens with zero attached hydrogens (tertiary/aromatic N) is 1. The first kappa shape index (κ1) is 17.1. The smallest absolute Gasteiger partial charge is 0.415 e. The molecule has 0 unspecified atom stereocenters. The number of hydrogen-bond acceptors (Lipinski definition) is 7. The number of amides is 1. The molecule has 2 heterocycles. The lowest BCUT2D eigenvalue weighted by Crippen LogP contribution is -2.56. The van der Waals surface area contributed by atoms with Crippen LogP contribution in [-0.2, 0) is 20.7 Å². The summed E-state index contributed by atoms with van der Waals surface area (Å²) in [4.78, 5) is 26.0. The molecule has 1 aromatic rings. The van der Waals surface area contributed by atoms with E-state index in [1.807, 2.05) is 0 Å². The molecule has 3 rings (SSSR count). The average Bonchev–Trinajstić information content (AvgIpc) is 3.04.